The molecule has 0 amide bonds. The first-order valence-corrected chi connectivity index (χ1v) is 22.0. The molecule has 1 saturated heterocycles. The molecule has 1 spiro atoms. The zero-order valence-corrected chi connectivity index (χ0v) is 39.2. The van der Waals surface area contributed by atoms with Crippen molar-refractivity contribution >= 4 is 47.8 Å². The van der Waals surface area contributed by atoms with Gasteiger partial charge in [-0.05, 0) is 44.2 Å². The Morgan fingerprint density at radius 1 is 0.739 bits per heavy atom. The molecular weight excluding hydrogens is 909 g/mol. The topological polar surface area (TPSA) is 275 Å². The number of fused-ring (bicyclic) bond motifs is 5. The number of carbonyl (C=O) groups excluding carboxylic acids is 8. The van der Waals surface area contributed by atoms with Crippen molar-refractivity contribution in [3.63, 3.8) is 0 Å². The lowest BCUT2D eigenvalue weighted by Gasteiger charge is -2.67. The van der Waals surface area contributed by atoms with Crippen LogP contribution in [0.5, 0.6) is 0 Å². The number of cyclic esters (lactones) is 1. The lowest BCUT2D eigenvalue weighted by Crippen LogP contribution is -2.89. The van der Waals surface area contributed by atoms with Crippen molar-refractivity contribution in [3.8, 4) is 0 Å². The number of esters is 8. The van der Waals surface area contributed by atoms with E-state index < -0.39 is 143 Å². The largest absolute Gasteiger partial charge is 0.465 e. The molecule has 1 aromatic carbocycles. The van der Waals surface area contributed by atoms with Crippen molar-refractivity contribution in [1.29, 1.82) is 0 Å². The summed E-state index contributed by atoms with van der Waals surface area (Å²) in [5, 5.41) is 13.9. The van der Waals surface area contributed by atoms with E-state index in [9.17, 15) is 48.3 Å². The normalized spacial score (nSPS) is 33.5. The van der Waals surface area contributed by atoms with Gasteiger partial charge in [-0.25, -0.2) is 14.4 Å². The minimum atomic E-state index is -2.98. The highest BCUT2D eigenvalue weighted by Crippen LogP contribution is 2.70. The number of aliphatic hydroxyl groups is 1. The van der Waals surface area contributed by atoms with E-state index in [0.29, 0.717) is 0 Å². The lowest BCUT2D eigenvalue weighted by molar-refractivity contribution is -0.385. The Morgan fingerprint density at radius 2 is 1.36 bits per heavy atom. The SMILES string of the molecule is CC(=O)OC[C@]12[C@H](OC(=O)c3ccccc3)[C@@H](OC(C)=O)[C@@H]3[C@@H](OC(C)=O)[C@@]14O[C@@]3(C)COC(=O)c1cccnc1[C@H](C)[C@H](C)C(=O)O[C@@H]([C@H](OC(=O)c1ccc(=O)n(C)c1)[C@@H]2OC(C)=O)[C@@]4(C)O. The Kier molecular flexibility index (Phi) is 13.4. The van der Waals surface area contributed by atoms with Crippen molar-refractivity contribution < 1.29 is 86.1 Å². The molecule has 7 rings (SSSR count). The van der Waals surface area contributed by atoms with E-state index in [1.807, 2.05) is 0 Å². The summed E-state index contributed by atoms with van der Waals surface area (Å²) in [6.45, 7) is 7.40. The Hall–Kier alpha value is -7.00. The smallest absolute Gasteiger partial charge is 0.340 e. The second-order valence-corrected chi connectivity index (χ2v) is 18.2. The Labute approximate surface area is 394 Å². The molecule has 69 heavy (non-hydrogen) atoms. The predicted molar refractivity (Wildman–Crippen MR) is 231 cm³/mol. The van der Waals surface area contributed by atoms with E-state index in [0.717, 1.165) is 57.5 Å². The van der Waals surface area contributed by atoms with Crippen LogP contribution in [0.1, 0.15) is 98.1 Å². The van der Waals surface area contributed by atoms with Gasteiger partial charge in [0.2, 0.25) is 5.56 Å². The summed E-state index contributed by atoms with van der Waals surface area (Å²) in [6, 6.07) is 12.4. The number of pyridine rings is 2. The maximum absolute atomic E-state index is 14.8. The van der Waals surface area contributed by atoms with Gasteiger partial charge in [0.05, 0.1) is 34.2 Å². The second kappa shape index (κ2) is 18.5. The average Bonchev–Trinajstić information content (AvgIpc) is 3.51. The van der Waals surface area contributed by atoms with Crippen LogP contribution in [0.25, 0.3) is 0 Å². The quantitative estimate of drug-likeness (QED) is 0.238. The molecule has 368 valence electrons. The molecule has 0 unspecified atom stereocenters. The third kappa shape index (κ3) is 8.40. The number of rotatable bonds is 9. The van der Waals surface area contributed by atoms with Crippen molar-refractivity contribution in [2.75, 3.05) is 13.2 Å². The first-order valence-electron chi connectivity index (χ1n) is 22.0. The molecule has 3 aromatic rings. The van der Waals surface area contributed by atoms with Crippen molar-refractivity contribution in [1.82, 2.24) is 9.55 Å². The van der Waals surface area contributed by atoms with Gasteiger partial charge < -0.3 is 52.3 Å². The fourth-order valence-electron chi connectivity index (χ4n) is 10.5. The zero-order chi connectivity index (χ0) is 50.5. The number of aryl methyl sites for hydroxylation is 1. The number of benzene rings is 1. The van der Waals surface area contributed by atoms with Crippen LogP contribution in [-0.2, 0) is 73.7 Å². The van der Waals surface area contributed by atoms with Gasteiger partial charge in [0.25, 0.3) is 0 Å². The van der Waals surface area contributed by atoms with E-state index in [1.165, 1.54) is 63.5 Å². The molecule has 2 aliphatic heterocycles. The standard InChI is InChI=1S/C48H52N2O19/c1-23-24(2)41(56)67-38-36(66-43(58)30-17-18-32(55)50(9)20-30)40(65-28(6)54)47(22-61-25(3)51)39(68-42(57)29-14-11-10-12-15-29)35(63-26(4)52)33-37(64-27(5)53)48(47,46(38,8)60)69-45(33,7)21-62-44(59)31-16-13-19-49-34(23)31/h10-20,23-24,33,35-40,60H,21-22H2,1-9H3/t23-,24+,33-,35+,36+,37-,38+,39-,40+,45+,46-,47-,48+/m1/s1. The number of nitrogens with zero attached hydrogens (tertiary/aromatic N) is 2. The van der Waals surface area contributed by atoms with Crippen molar-refractivity contribution in [2.45, 2.75) is 115 Å². The molecule has 21 nitrogen and oxygen atoms in total. The Morgan fingerprint density at radius 3 is 1.99 bits per heavy atom. The highest BCUT2D eigenvalue weighted by atomic mass is 16.7. The molecule has 2 saturated carbocycles. The maximum Gasteiger partial charge on any atom is 0.340 e. The summed E-state index contributed by atoms with van der Waals surface area (Å²) in [5.74, 6) is -12.5. The Balaban J connectivity index is 1.65. The Bertz CT molecular complexity index is 2650. The van der Waals surface area contributed by atoms with Crippen LogP contribution in [0.3, 0.4) is 0 Å². The molecule has 4 bridgehead atoms. The van der Waals surface area contributed by atoms with E-state index in [2.05, 4.69) is 4.98 Å². The minimum Gasteiger partial charge on any atom is -0.465 e. The van der Waals surface area contributed by atoms with Crippen molar-refractivity contribution in [2.24, 2.45) is 24.3 Å². The monoisotopic (exact) mass is 960 g/mol. The molecular formula is C48H52N2O19. The van der Waals surface area contributed by atoms with Gasteiger partial charge in [-0.1, -0.05) is 32.0 Å². The lowest BCUT2D eigenvalue weighted by atomic mass is 9.45. The van der Waals surface area contributed by atoms with Gasteiger partial charge in [0.1, 0.15) is 42.0 Å². The summed E-state index contributed by atoms with van der Waals surface area (Å²) in [6.07, 6.45) is -10.4. The van der Waals surface area contributed by atoms with Crippen LogP contribution in [-0.4, -0.2) is 129 Å². The summed E-state index contributed by atoms with van der Waals surface area (Å²) in [4.78, 5) is 129. The molecule has 3 fully saturated rings. The molecule has 4 heterocycles. The van der Waals surface area contributed by atoms with Crippen LogP contribution in [0, 0.1) is 17.3 Å². The summed E-state index contributed by atoms with van der Waals surface area (Å²) >= 11 is 0. The van der Waals surface area contributed by atoms with Crippen LogP contribution < -0.4 is 5.56 Å². The number of hydrogen-bond donors (Lipinski definition) is 1. The number of ether oxygens (including phenoxy) is 9. The van der Waals surface area contributed by atoms with E-state index in [4.69, 9.17) is 42.6 Å². The average molecular weight is 961 g/mol. The van der Waals surface area contributed by atoms with Gasteiger partial charge in [-0.2, -0.15) is 0 Å². The fourth-order valence-corrected chi connectivity index (χ4v) is 10.5. The number of carbonyl (C=O) groups is 8. The third-order valence-corrected chi connectivity index (χ3v) is 13.6. The summed E-state index contributed by atoms with van der Waals surface area (Å²) in [5.41, 5.74) is -11.7. The van der Waals surface area contributed by atoms with Crippen LogP contribution in [0.15, 0.2) is 71.8 Å². The number of aromatic nitrogens is 2. The van der Waals surface area contributed by atoms with Gasteiger partial charge >= 0.3 is 47.8 Å². The highest BCUT2D eigenvalue weighted by Gasteiger charge is 2.92. The van der Waals surface area contributed by atoms with Gasteiger partial charge in [0, 0.05) is 59.1 Å². The van der Waals surface area contributed by atoms with E-state index in [-0.39, 0.29) is 22.4 Å². The highest BCUT2D eigenvalue weighted by molar-refractivity contribution is 5.92. The molecule has 2 aromatic heterocycles. The third-order valence-electron chi connectivity index (χ3n) is 13.6. The summed E-state index contributed by atoms with van der Waals surface area (Å²) in [7, 11) is 1.35. The first kappa shape index (κ1) is 49.9. The van der Waals surface area contributed by atoms with Gasteiger partial charge in [-0.3, -0.25) is 33.8 Å². The van der Waals surface area contributed by atoms with E-state index in [1.54, 1.807) is 13.0 Å². The van der Waals surface area contributed by atoms with Crippen molar-refractivity contribution in [3.05, 3.63) is 99.7 Å². The molecule has 2 aliphatic carbocycles. The zero-order valence-electron chi connectivity index (χ0n) is 39.2. The minimum absolute atomic E-state index is 0.0810. The molecule has 1 N–H and O–H groups in total. The van der Waals surface area contributed by atoms with Crippen LogP contribution in [0.4, 0.5) is 0 Å². The number of hydrogen-bond acceptors (Lipinski definition) is 20. The molecule has 0 radical (unpaired) electrons. The predicted octanol–water partition coefficient (Wildman–Crippen LogP) is 2.32. The first-order chi connectivity index (χ1) is 32.4. The summed E-state index contributed by atoms with van der Waals surface area (Å²) < 4.78 is 57.5. The van der Waals surface area contributed by atoms with Gasteiger partial charge in [-0.15, -0.1) is 0 Å². The van der Waals surface area contributed by atoms with E-state index >= 15 is 0 Å². The van der Waals surface area contributed by atoms with Gasteiger partial charge in [0.15, 0.2) is 30.0 Å². The maximum atomic E-state index is 14.8. The van der Waals surface area contributed by atoms with Crippen LogP contribution in [0.2, 0.25) is 0 Å². The molecule has 4 aliphatic rings. The second-order valence-electron chi connectivity index (χ2n) is 18.2. The molecule has 13 atom stereocenters. The van der Waals surface area contributed by atoms with Crippen LogP contribution >= 0.6 is 0 Å². The fraction of sp³-hybridized carbons (Fsp3) is 0.500. The molecule has 21 heteroatoms.